The van der Waals surface area contributed by atoms with Crippen LogP contribution in [0.25, 0.3) is 6.08 Å². The zero-order chi connectivity index (χ0) is 27.2. The van der Waals surface area contributed by atoms with E-state index in [-0.39, 0.29) is 15.6 Å². The van der Waals surface area contributed by atoms with Gasteiger partial charge in [0.2, 0.25) is 0 Å². The van der Waals surface area contributed by atoms with Gasteiger partial charge in [-0.05, 0) is 42.7 Å². The molecule has 1 aliphatic heterocycles. The maximum absolute atomic E-state index is 13.5. The lowest BCUT2D eigenvalue weighted by Crippen LogP contribution is -2.30. The number of aliphatic hydroxyl groups excluding tert-OH is 1. The summed E-state index contributed by atoms with van der Waals surface area (Å²) < 4.78 is 10.7. The summed E-state index contributed by atoms with van der Waals surface area (Å²) in [5, 5.41) is 11.1. The molecule has 0 radical (unpaired) electrons. The Labute approximate surface area is 224 Å². The largest absolute Gasteiger partial charge is 0.503 e. The van der Waals surface area contributed by atoms with Crippen LogP contribution in [0.2, 0.25) is 0 Å². The maximum atomic E-state index is 13.5. The number of thiazole rings is 1. The smallest absolute Gasteiger partial charge is 0.350 e. The molecule has 196 valence electrons. The van der Waals surface area contributed by atoms with Crippen molar-refractivity contribution >= 4 is 40.2 Å². The minimum atomic E-state index is -0.985. The molecule has 1 aliphatic rings. The monoisotopic (exact) mass is 532 g/mol. The van der Waals surface area contributed by atoms with Crippen molar-refractivity contribution in [2.75, 3.05) is 18.6 Å². The van der Waals surface area contributed by atoms with Gasteiger partial charge in [0.1, 0.15) is 10.6 Å². The van der Waals surface area contributed by atoms with Gasteiger partial charge >= 0.3 is 5.97 Å². The molecule has 1 N–H and O–H groups in total. The summed E-state index contributed by atoms with van der Waals surface area (Å²) in [7, 11) is 1.26. The standard InChI is InChI=1S/C29H28N2O6S/c1-4-5-16-37-21-13-9-12-20(17-21)24-23(22(32)15-14-19-10-7-6-8-11-19)25(33)27(34)31(24)29-30-18(2)26(38-29)28(35)36-3/h6-15,17,24,33H,4-5,16H2,1-3H3. The second kappa shape index (κ2) is 11.9. The van der Waals surface area contributed by atoms with Gasteiger partial charge in [-0.15, -0.1) is 0 Å². The Morgan fingerprint density at radius 2 is 1.92 bits per heavy atom. The number of anilines is 1. The molecule has 3 aromatic rings. The van der Waals surface area contributed by atoms with Crippen LogP contribution in [-0.4, -0.2) is 41.5 Å². The molecule has 0 bridgehead atoms. The van der Waals surface area contributed by atoms with Crippen molar-refractivity contribution in [1.29, 1.82) is 0 Å². The van der Waals surface area contributed by atoms with Crippen molar-refractivity contribution in [3.05, 3.63) is 93.7 Å². The maximum Gasteiger partial charge on any atom is 0.350 e. The molecule has 0 aliphatic carbocycles. The third-order valence-electron chi connectivity index (χ3n) is 6.00. The number of aromatic nitrogens is 1. The molecule has 0 saturated heterocycles. The van der Waals surface area contributed by atoms with E-state index in [1.165, 1.54) is 18.1 Å². The number of aryl methyl sites for hydroxylation is 1. The first-order valence-corrected chi connectivity index (χ1v) is 13.0. The van der Waals surface area contributed by atoms with Gasteiger partial charge in [-0.3, -0.25) is 14.5 Å². The number of nitrogens with zero attached hydrogens (tertiary/aromatic N) is 2. The van der Waals surface area contributed by atoms with Gasteiger partial charge in [0.05, 0.1) is 31.0 Å². The first kappa shape index (κ1) is 26.8. The van der Waals surface area contributed by atoms with Crippen LogP contribution in [0.3, 0.4) is 0 Å². The number of rotatable bonds is 10. The fourth-order valence-electron chi connectivity index (χ4n) is 4.07. The summed E-state index contributed by atoms with van der Waals surface area (Å²) in [6.45, 7) is 4.22. The SMILES string of the molecule is CCCCOc1cccc(C2C(C(=O)C=Cc3ccccc3)=C(O)C(=O)N2c2nc(C)c(C(=O)OC)s2)c1. The summed E-state index contributed by atoms with van der Waals surface area (Å²) in [5.74, 6) is -1.98. The Kier molecular flexibility index (Phi) is 8.38. The van der Waals surface area contributed by atoms with E-state index in [2.05, 4.69) is 11.9 Å². The molecular formula is C29H28N2O6S. The number of amides is 1. The number of allylic oxidation sites excluding steroid dienone is 1. The van der Waals surface area contributed by atoms with Crippen molar-refractivity contribution in [2.24, 2.45) is 0 Å². The van der Waals surface area contributed by atoms with Gasteiger partial charge in [0, 0.05) is 0 Å². The predicted octanol–water partition coefficient (Wildman–Crippen LogP) is 5.60. The first-order valence-electron chi connectivity index (χ1n) is 12.2. The van der Waals surface area contributed by atoms with Gasteiger partial charge in [-0.1, -0.05) is 73.2 Å². The van der Waals surface area contributed by atoms with Crippen LogP contribution in [0.5, 0.6) is 5.75 Å². The van der Waals surface area contributed by atoms with E-state index in [1.807, 2.05) is 30.3 Å². The molecule has 0 saturated carbocycles. The molecule has 1 amide bonds. The molecule has 0 spiro atoms. The van der Waals surface area contributed by atoms with Crippen molar-refractivity contribution in [3.63, 3.8) is 0 Å². The number of benzene rings is 2. The molecule has 38 heavy (non-hydrogen) atoms. The molecule has 2 aromatic carbocycles. The van der Waals surface area contributed by atoms with Crippen LogP contribution >= 0.6 is 11.3 Å². The van der Waals surface area contributed by atoms with E-state index < -0.39 is 29.5 Å². The highest BCUT2D eigenvalue weighted by atomic mass is 32.1. The van der Waals surface area contributed by atoms with E-state index in [9.17, 15) is 19.5 Å². The van der Waals surface area contributed by atoms with Gasteiger partial charge < -0.3 is 14.6 Å². The molecule has 1 aromatic heterocycles. The van der Waals surface area contributed by atoms with Crippen LogP contribution in [0.1, 0.15) is 52.3 Å². The fraction of sp³-hybridized carbons (Fsp3) is 0.241. The zero-order valence-corrected chi connectivity index (χ0v) is 22.2. The van der Waals surface area contributed by atoms with Crippen LogP contribution in [0, 0.1) is 6.92 Å². The number of aliphatic hydroxyl groups is 1. The average molecular weight is 533 g/mol. The number of methoxy groups -OCH3 is 1. The highest BCUT2D eigenvalue weighted by Crippen LogP contribution is 2.43. The van der Waals surface area contributed by atoms with Crippen molar-refractivity contribution in [1.82, 2.24) is 4.98 Å². The van der Waals surface area contributed by atoms with E-state index >= 15 is 0 Å². The predicted molar refractivity (Wildman–Crippen MR) is 145 cm³/mol. The topological polar surface area (TPSA) is 106 Å². The van der Waals surface area contributed by atoms with Gasteiger partial charge in [-0.25, -0.2) is 9.78 Å². The Morgan fingerprint density at radius 3 is 2.63 bits per heavy atom. The van der Waals surface area contributed by atoms with Crippen molar-refractivity contribution < 1.29 is 29.0 Å². The minimum absolute atomic E-state index is 0.0830. The lowest BCUT2D eigenvalue weighted by Gasteiger charge is -2.24. The van der Waals surface area contributed by atoms with Crippen molar-refractivity contribution in [2.45, 2.75) is 32.7 Å². The second-order valence-corrected chi connectivity index (χ2v) is 9.60. The molecule has 1 atom stereocenters. The molecule has 1 unspecified atom stereocenters. The highest BCUT2D eigenvalue weighted by molar-refractivity contribution is 7.17. The quantitative estimate of drug-likeness (QED) is 0.206. The first-order chi connectivity index (χ1) is 18.3. The second-order valence-electron chi connectivity index (χ2n) is 8.63. The summed E-state index contributed by atoms with van der Waals surface area (Å²) in [4.78, 5) is 45.0. The number of unbranched alkanes of at least 4 members (excludes halogenated alkanes) is 1. The number of carbonyl (C=O) groups excluding carboxylic acids is 3. The summed E-state index contributed by atoms with van der Waals surface area (Å²) in [6.07, 6.45) is 4.81. The number of ketones is 1. The normalized spacial score (nSPS) is 15.4. The Bertz CT molecular complexity index is 1410. The van der Waals surface area contributed by atoms with Gasteiger partial charge in [0.25, 0.3) is 5.91 Å². The number of hydrogen-bond donors (Lipinski definition) is 1. The average Bonchev–Trinajstić information content (AvgIpc) is 3.44. The lowest BCUT2D eigenvalue weighted by atomic mass is 9.95. The fourth-order valence-corrected chi connectivity index (χ4v) is 5.08. The third-order valence-corrected chi connectivity index (χ3v) is 7.14. The summed E-state index contributed by atoms with van der Waals surface area (Å²) in [6, 6.07) is 15.3. The van der Waals surface area contributed by atoms with Crippen LogP contribution in [0.15, 0.2) is 72.0 Å². The van der Waals surface area contributed by atoms with Crippen LogP contribution < -0.4 is 9.64 Å². The van der Waals surface area contributed by atoms with E-state index in [0.717, 1.165) is 29.7 Å². The minimum Gasteiger partial charge on any atom is -0.503 e. The lowest BCUT2D eigenvalue weighted by molar-refractivity contribution is -0.117. The van der Waals surface area contributed by atoms with Gasteiger partial charge in [-0.2, -0.15) is 0 Å². The summed E-state index contributed by atoms with van der Waals surface area (Å²) in [5.41, 5.74) is 1.65. The number of carbonyl (C=O) groups is 3. The number of hydrogen-bond acceptors (Lipinski definition) is 8. The molecule has 8 nitrogen and oxygen atoms in total. The summed E-state index contributed by atoms with van der Waals surface area (Å²) >= 11 is 0.960. The number of ether oxygens (including phenoxy) is 2. The molecule has 4 rings (SSSR count). The zero-order valence-electron chi connectivity index (χ0n) is 21.3. The van der Waals surface area contributed by atoms with E-state index in [0.29, 0.717) is 23.6 Å². The Hall–Kier alpha value is -4.24. The third kappa shape index (κ3) is 5.52. The Morgan fingerprint density at radius 1 is 1.16 bits per heavy atom. The van der Waals surface area contributed by atoms with Gasteiger partial charge in [0.15, 0.2) is 16.7 Å². The molecule has 9 heteroatoms. The van der Waals surface area contributed by atoms with E-state index in [4.69, 9.17) is 9.47 Å². The highest BCUT2D eigenvalue weighted by Gasteiger charge is 2.45. The van der Waals surface area contributed by atoms with Crippen LogP contribution in [0.4, 0.5) is 5.13 Å². The van der Waals surface area contributed by atoms with Crippen molar-refractivity contribution in [3.8, 4) is 5.75 Å². The molecule has 0 fully saturated rings. The van der Waals surface area contributed by atoms with E-state index in [1.54, 1.807) is 37.3 Å². The Balaban J connectivity index is 1.78. The molecule has 2 heterocycles. The molecular weight excluding hydrogens is 504 g/mol. The van der Waals surface area contributed by atoms with Crippen LogP contribution in [-0.2, 0) is 14.3 Å². The number of esters is 1.